The number of amides is 2. The molecule has 0 saturated carbocycles. The van der Waals surface area contributed by atoms with Gasteiger partial charge in [-0.05, 0) is 42.0 Å². The summed E-state index contributed by atoms with van der Waals surface area (Å²) in [5.41, 5.74) is 1.20. The van der Waals surface area contributed by atoms with E-state index in [1.54, 1.807) is 31.4 Å². The van der Waals surface area contributed by atoms with E-state index in [-0.39, 0.29) is 29.1 Å². The lowest BCUT2D eigenvalue weighted by atomic mass is 10.2. The van der Waals surface area contributed by atoms with Crippen molar-refractivity contribution in [3.63, 3.8) is 0 Å². The number of amidine groups is 1. The summed E-state index contributed by atoms with van der Waals surface area (Å²) in [5, 5.41) is 23.4. The second kappa shape index (κ2) is 9.65. The monoisotopic (exact) mass is 427 g/mol. The van der Waals surface area contributed by atoms with Gasteiger partial charge in [0.15, 0.2) is 5.17 Å². The summed E-state index contributed by atoms with van der Waals surface area (Å²) in [6.07, 6.45) is 1.39. The van der Waals surface area contributed by atoms with Crippen molar-refractivity contribution in [3.05, 3.63) is 64.2 Å². The summed E-state index contributed by atoms with van der Waals surface area (Å²) in [4.78, 5) is 34.4. The maximum atomic E-state index is 12.2. The molecule has 10 nitrogen and oxygen atoms in total. The molecular weight excluding hydrogens is 410 g/mol. The third kappa shape index (κ3) is 5.64. The van der Waals surface area contributed by atoms with Gasteiger partial charge in [-0.15, -0.1) is 5.10 Å². The van der Waals surface area contributed by atoms with Crippen molar-refractivity contribution in [2.24, 2.45) is 10.2 Å². The SMILES string of the molecule is COc1ccc(NC(=O)CC2S/C(=N/N=C/c3ccc([N+](=O)[O-])cc3)NC2=O)cc1. The quantitative estimate of drug-likeness (QED) is 0.396. The van der Waals surface area contributed by atoms with Gasteiger partial charge in [-0.25, -0.2) is 0 Å². The fourth-order valence-electron chi connectivity index (χ4n) is 2.47. The highest BCUT2D eigenvalue weighted by molar-refractivity contribution is 8.15. The molecule has 1 atom stereocenters. The number of non-ortho nitro benzene ring substituents is 1. The van der Waals surface area contributed by atoms with Crippen molar-refractivity contribution in [1.82, 2.24) is 5.32 Å². The van der Waals surface area contributed by atoms with Gasteiger partial charge >= 0.3 is 0 Å². The summed E-state index contributed by atoms with van der Waals surface area (Å²) in [6.45, 7) is 0. The Hall–Kier alpha value is -3.73. The Kier molecular flexibility index (Phi) is 6.75. The molecule has 1 aliphatic heterocycles. The number of ether oxygens (including phenoxy) is 1. The van der Waals surface area contributed by atoms with E-state index in [1.807, 2.05) is 0 Å². The number of thioether (sulfide) groups is 1. The topological polar surface area (TPSA) is 135 Å². The van der Waals surface area contributed by atoms with E-state index in [1.165, 1.54) is 30.5 Å². The Morgan fingerprint density at radius 1 is 1.27 bits per heavy atom. The second-order valence-corrected chi connectivity index (χ2v) is 7.27. The zero-order valence-electron chi connectivity index (χ0n) is 15.8. The van der Waals surface area contributed by atoms with Gasteiger partial charge in [-0.2, -0.15) is 5.10 Å². The molecule has 30 heavy (non-hydrogen) atoms. The number of hydrogen-bond acceptors (Lipinski definition) is 8. The number of carbonyl (C=O) groups excluding carboxylic acids is 2. The predicted octanol–water partition coefficient (Wildman–Crippen LogP) is 2.55. The van der Waals surface area contributed by atoms with Gasteiger partial charge in [0.25, 0.3) is 5.69 Å². The van der Waals surface area contributed by atoms with Gasteiger partial charge in [-0.3, -0.25) is 19.7 Å². The highest BCUT2D eigenvalue weighted by atomic mass is 32.2. The number of anilines is 1. The molecule has 1 aliphatic rings. The van der Waals surface area contributed by atoms with Crippen LogP contribution in [-0.2, 0) is 9.59 Å². The fraction of sp³-hybridized carbons (Fsp3) is 0.158. The third-order valence-electron chi connectivity index (χ3n) is 3.98. The van der Waals surface area contributed by atoms with Crippen molar-refractivity contribution in [1.29, 1.82) is 0 Å². The Morgan fingerprint density at radius 3 is 2.60 bits per heavy atom. The minimum atomic E-state index is -0.614. The van der Waals surface area contributed by atoms with Crippen molar-refractivity contribution >= 4 is 46.3 Å². The highest BCUT2D eigenvalue weighted by Gasteiger charge is 2.32. The third-order valence-corrected chi connectivity index (χ3v) is 5.05. The molecule has 11 heteroatoms. The standard InChI is InChI=1S/C19H17N5O5S/c1-29-15-8-4-13(5-9-15)21-17(25)10-16-18(26)22-19(30-16)23-20-11-12-2-6-14(7-3-12)24(27)28/h2-9,11,16H,10H2,1H3,(H,21,25)(H,22,23,26)/b20-11+. The lowest BCUT2D eigenvalue weighted by Gasteiger charge is -2.08. The normalized spacial score (nSPS) is 17.2. The number of hydrogen-bond donors (Lipinski definition) is 2. The molecule has 0 bridgehead atoms. The molecule has 2 amide bonds. The van der Waals surface area contributed by atoms with Crippen molar-refractivity contribution in [3.8, 4) is 5.75 Å². The van der Waals surface area contributed by atoms with Crippen molar-refractivity contribution in [2.75, 3.05) is 12.4 Å². The van der Waals surface area contributed by atoms with Crippen LogP contribution in [0.15, 0.2) is 58.7 Å². The minimum absolute atomic E-state index is 0.0202. The molecule has 1 heterocycles. The molecule has 0 spiro atoms. The number of rotatable bonds is 7. The molecule has 2 aromatic carbocycles. The first-order chi connectivity index (χ1) is 14.4. The lowest BCUT2D eigenvalue weighted by Crippen LogP contribution is -2.28. The molecule has 1 unspecified atom stereocenters. The van der Waals surface area contributed by atoms with Crippen molar-refractivity contribution < 1.29 is 19.2 Å². The van der Waals surface area contributed by atoms with E-state index in [4.69, 9.17) is 4.74 Å². The highest BCUT2D eigenvalue weighted by Crippen LogP contribution is 2.23. The van der Waals surface area contributed by atoms with Crippen LogP contribution in [0.5, 0.6) is 5.75 Å². The number of carbonyl (C=O) groups is 2. The van der Waals surface area contributed by atoms with Crippen LogP contribution in [0.3, 0.4) is 0 Å². The van der Waals surface area contributed by atoms with Crippen molar-refractivity contribution in [2.45, 2.75) is 11.7 Å². The molecule has 2 N–H and O–H groups in total. The lowest BCUT2D eigenvalue weighted by molar-refractivity contribution is -0.384. The first-order valence-electron chi connectivity index (χ1n) is 8.71. The number of nitrogens with one attached hydrogen (secondary N) is 2. The van der Waals surface area contributed by atoms with Gasteiger partial charge < -0.3 is 15.4 Å². The summed E-state index contributed by atoms with van der Waals surface area (Å²) < 4.78 is 5.06. The Morgan fingerprint density at radius 2 is 1.97 bits per heavy atom. The Bertz CT molecular complexity index is 1000. The van der Waals surface area contributed by atoms with Gasteiger partial charge in [0.05, 0.1) is 18.2 Å². The van der Waals surface area contributed by atoms with E-state index in [2.05, 4.69) is 20.8 Å². The molecule has 154 valence electrons. The van der Waals surface area contributed by atoms with Crippen LogP contribution in [0.25, 0.3) is 0 Å². The summed E-state index contributed by atoms with van der Waals surface area (Å²) in [5.74, 6) is 0.0477. The molecule has 0 aromatic heterocycles. The molecule has 1 fully saturated rings. The Labute approximate surface area is 175 Å². The van der Waals surface area contributed by atoms with E-state index >= 15 is 0 Å². The predicted molar refractivity (Wildman–Crippen MR) is 114 cm³/mol. The van der Waals surface area contributed by atoms with E-state index in [9.17, 15) is 19.7 Å². The van der Waals surface area contributed by atoms with Gasteiger partial charge in [-0.1, -0.05) is 11.8 Å². The summed E-state index contributed by atoms with van der Waals surface area (Å²) >= 11 is 1.11. The average Bonchev–Trinajstić information content (AvgIpc) is 3.07. The van der Waals surface area contributed by atoms with E-state index in [0.29, 0.717) is 17.0 Å². The van der Waals surface area contributed by atoms with E-state index in [0.717, 1.165) is 11.8 Å². The van der Waals surface area contributed by atoms with Crippen LogP contribution in [0, 0.1) is 10.1 Å². The second-order valence-electron chi connectivity index (χ2n) is 6.07. The number of nitrogens with zero attached hydrogens (tertiary/aromatic N) is 3. The number of nitro benzene ring substituents is 1. The zero-order valence-corrected chi connectivity index (χ0v) is 16.6. The maximum Gasteiger partial charge on any atom is 0.269 e. The summed E-state index contributed by atoms with van der Waals surface area (Å²) in [6, 6.07) is 12.6. The van der Waals surface area contributed by atoms with Crippen LogP contribution in [0.4, 0.5) is 11.4 Å². The smallest absolute Gasteiger partial charge is 0.269 e. The van der Waals surface area contributed by atoms with Gasteiger partial charge in [0.2, 0.25) is 11.8 Å². The van der Waals surface area contributed by atoms with Gasteiger partial charge in [0.1, 0.15) is 11.0 Å². The van der Waals surface area contributed by atoms with E-state index < -0.39 is 10.2 Å². The van der Waals surface area contributed by atoms with Crippen LogP contribution >= 0.6 is 11.8 Å². The average molecular weight is 427 g/mol. The van der Waals surface area contributed by atoms with Crippen LogP contribution in [-0.4, -0.2) is 40.5 Å². The minimum Gasteiger partial charge on any atom is -0.497 e. The van der Waals surface area contributed by atoms with Crippen LogP contribution in [0.2, 0.25) is 0 Å². The first kappa shape index (κ1) is 21.0. The Balaban J connectivity index is 1.53. The number of methoxy groups -OCH3 is 1. The van der Waals surface area contributed by atoms with Crippen LogP contribution in [0.1, 0.15) is 12.0 Å². The molecule has 2 aromatic rings. The molecule has 0 aliphatic carbocycles. The number of nitro groups is 1. The number of benzene rings is 2. The fourth-order valence-corrected chi connectivity index (χ4v) is 3.40. The van der Waals surface area contributed by atoms with Crippen LogP contribution < -0.4 is 15.4 Å². The first-order valence-corrected chi connectivity index (χ1v) is 9.59. The zero-order chi connectivity index (χ0) is 21.5. The molecule has 1 saturated heterocycles. The molecular formula is C19H17N5O5S. The maximum absolute atomic E-state index is 12.2. The molecule has 3 rings (SSSR count). The summed E-state index contributed by atoms with van der Waals surface area (Å²) in [7, 11) is 1.55. The molecule has 0 radical (unpaired) electrons. The van der Waals surface area contributed by atoms with Gasteiger partial charge in [0, 0.05) is 24.2 Å². The largest absolute Gasteiger partial charge is 0.497 e.